The summed E-state index contributed by atoms with van der Waals surface area (Å²) in [4.78, 5) is 59.0. The minimum Gasteiger partial charge on any atom is -0.492 e. The van der Waals surface area contributed by atoms with Crippen molar-refractivity contribution in [1.29, 1.82) is 0 Å². The lowest BCUT2D eigenvalue weighted by atomic mass is 10.0. The van der Waals surface area contributed by atoms with Crippen LogP contribution in [0.15, 0.2) is 66.4 Å². The molecule has 0 unspecified atom stereocenters. The topological polar surface area (TPSA) is 165 Å². The Hall–Kier alpha value is -5.46. The van der Waals surface area contributed by atoms with Crippen molar-refractivity contribution < 1.29 is 43.0 Å². The first-order valence-corrected chi connectivity index (χ1v) is 11.3. The first-order valence-electron chi connectivity index (χ1n) is 11.3. The summed E-state index contributed by atoms with van der Waals surface area (Å²) in [7, 11) is 2.89. The average Bonchev–Trinajstić information content (AvgIpc) is 3.26. The van der Waals surface area contributed by atoms with E-state index in [4.69, 9.17) is 18.9 Å². The number of amides is 1. The monoisotopic (exact) mass is 535 g/mol. The number of nitro benzene ring substituents is 1. The van der Waals surface area contributed by atoms with Gasteiger partial charge in [-0.1, -0.05) is 12.1 Å². The number of non-ortho nitro benzene ring substituents is 1. The molecule has 1 N–H and O–H groups in total. The molecule has 0 saturated heterocycles. The quantitative estimate of drug-likeness (QED) is 0.190. The Morgan fingerprint density at radius 1 is 1.00 bits per heavy atom. The highest BCUT2D eigenvalue weighted by Crippen LogP contribution is 2.25. The van der Waals surface area contributed by atoms with Crippen LogP contribution >= 0.6 is 0 Å². The predicted octanol–water partition coefficient (Wildman–Crippen LogP) is 4.31. The summed E-state index contributed by atoms with van der Waals surface area (Å²) in [6, 6.07) is 12.8. The van der Waals surface area contributed by atoms with Crippen molar-refractivity contribution in [2.24, 2.45) is 7.05 Å². The third-order valence-corrected chi connectivity index (χ3v) is 5.67. The molecule has 1 aliphatic rings. The molecule has 2 aromatic carbocycles. The van der Waals surface area contributed by atoms with Crippen molar-refractivity contribution >= 4 is 35.2 Å². The number of nitro groups is 1. The van der Waals surface area contributed by atoms with Gasteiger partial charge >= 0.3 is 12.2 Å². The second-order valence-electron chi connectivity index (χ2n) is 8.15. The van der Waals surface area contributed by atoms with Gasteiger partial charge in [-0.3, -0.25) is 25.0 Å². The second-order valence-corrected chi connectivity index (χ2v) is 8.15. The SMILES string of the molecule is COC1=CC(=O)c2c(cc(COC(=O)Nc3ccc(COC(=O)Oc4ccc([N+](=O)[O-])cc4)cc3)n2C)C1=O. The summed E-state index contributed by atoms with van der Waals surface area (Å²) in [5.74, 6) is -0.780. The Morgan fingerprint density at radius 2 is 1.69 bits per heavy atom. The van der Waals surface area contributed by atoms with Crippen LogP contribution < -0.4 is 10.1 Å². The van der Waals surface area contributed by atoms with Crippen LogP contribution in [0.25, 0.3) is 0 Å². The molecule has 0 fully saturated rings. The number of nitrogens with one attached hydrogen (secondary N) is 1. The van der Waals surface area contributed by atoms with Gasteiger partial charge in [0.1, 0.15) is 24.7 Å². The highest BCUT2D eigenvalue weighted by Gasteiger charge is 2.31. The highest BCUT2D eigenvalue weighted by atomic mass is 16.7. The number of aromatic nitrogens is 1. The molecule has 1 amide bonds. The van der Waals surface area contributed by atoms with Crippen molar-refractivity contribution in [3.05, 3.63) is 99.1 Å². The van der Waals surface area contributed by atoms with Gasteiger partial charge < -0.3 is 23.5 Å². The zero-order valence-electron chi connectivity index (χ0n) is 20.7. The van der Waals surface area contributed by atoms with Gasteiger partial charge in [-0.2, -0.15) is 0 Å². The van der Waals surface area contributed by atoms with Crippen LogP contribution in [0.3, 0.4) is 0 Å². The number of rotatable bonds is 8. The van der Waals surface area contributed by atoms with Gasteiger partial charge in [0, 0.05) is 30.9 Å². The lowest BCUT2D eigenvalue weighted by Crippen LogP contribution is -2.19. The lowest BCUT2D eigenvalue weighted by molar-refractivity contribution is -0.384. The standard InChI is InChI=1S/C26H21N3O10/c1-28-18(11-20-23(28)21(30)12-22(36-2)24(20)31)14-37-25(32)27-16-5-3-15(4-6-16)13-38-26(33)39-19-9-7-17(8-10-19)29(34)35/h3-12H,13-14H2,1-2H3,(H,27,32). The number of benzene rings is 2. The van der Waals surface area contributed by atoms with Crippen molar-refractivity contribution in [2.75, 3.05) is 12.4 Å². The number of ether oxygens (including phenoxy) is 4. The fraction of sp³-hybridized carbons (Fsp3) is 0.154. The normalized spacial score (nSPS) is 12.2. The number of Topliss-reactive ketones (excluding diaryl/α,β-unsaturated/α-hetero) is 1. The number of carbonyl (C=O) groups is 4. The fourth-order valence-corrected chi connectivity index (χ4v) is 3.68. The first-order chi connectivity index (χ1) is 18.7. The molecule has 0 radical (unpaired) electrons. The van der Waals surface area contributed by atoms with Gasteiger partial charge in [-0.25, -0.2) is 9.59 Å². The Kier molecular flexibility index (Phi) is 7.70. The Labute approximate surface area is 220 Å². The number of anilines is 1. The number of hydrogen-bond acceptors (Lipinski definition) is 10. The van der Waals surface area contributed by atoms with E-state index >= 15 is 0 Å². The first kappa shape index (κ1) is 26.6. The van der Waals surface area contributed by atoms with Crippen LogP contribution in [-0.2, 0) is 34.5 Å². The van der Waals surface area contributed by atoms with Crippen LogP contribution in [0.4, 0.5) is 21.0 Å². The second kappa shape index (κ2) is 11.3. The van der Waals surface area contributed by atoms with E-state index in [0.29, 0.717) is 16.9 Å². The molecule has 0 spiro atoms. The van der Waals surface area contributed by atoms with E-state index in [1.807, 2.05) is 0 Å². The Balaban J connectivity index is 1.25. The minimum atomic E-state index is -0.991. The maximum atomic E-state index is 12.4. The van der Waals surface area contributed by atoms with Gasteiger partial charge in [0.2, 0.25) is 11.6 Å². The molecule has 3 aromatic rings. The van der Waals surface area contributed by atoms with Crippen LogP contribution in [0.5, 0.6) is 5.75 Å². The molecule has 0 atom stereocenters. The third-order valence-electron chi connectivity index (χ3n) is 5.67. The molecule has 13 nitrogen and oxygen atoms in total. The van der Waals surface area contributed by atoms with E-state index in [1.165, 1.54) is 42.0 Å². The highest BCUT2D eigenvalue weighted by molar-refractivity contribution is 6.23. The summed E-state index contributed by atoms with van der Waals surface area (Å²) in [5, 5.41) is 13.2. The smallest absolute Gasteiger partial charge is 0.492 e. The zero-order valence-corrected chi connectivity index (χ0v) is 20.7. The largest absolute Gasteiger partial charge is 0.514 e. The predicted molar refractivity (Wildman–Crippen MR) is 133 cm³/mol. The number of hydrogen-bond donors (Lipinski definition) is 1. The van der Waals surface area contributed by atoms with Crippen molar-refractivity contribution in [1.82, 2.24) is 4.57 Å². The van der Waals surface area contributed by atoms with Crippen molar-refractivity contribution in [2.45, 2.75) is 13.2 Å². The Morgan fingerprint density at radius 3 is 2.33 bits per heavy atom. The minimum absolute atomic E-state index is 0.0569. The Bertz CT molecular complexity index is 1490. The van der Waals surface area contributed by atoms with Gasteiger partial charge in [0.05, 0.1) is 23.3 Å². The molecule has 1 aliphatic carbocycles. The van der Waals surface area contributed by atoms with E-state index in [1.54, 1.807) is 31.3 Å². The maximum Gasteiger partial charge on any atom is 0.514 e. The number of carbonyl (C=O) groups excluding carboxylic acids is 4. The summed E-state index contributed by atoms with van der Waals surface area (Å²) in [6.07, 6.45) is -0.633. The van der Waals surface area contributed by atoms with Crippen LogP contribution in [0, 0.1) is 10.1 Å². The molecule has 4 rings (SSSR count). The van der Waals surface area contributed by atoms with E-state index in [0.717, 1.165) is 6.08 Å². The number of fused-ring (bicyclic) bond motifs is 1. The number of nitrogens with zero attached hydrogens (tertiary/aromatic N) is 2. The molecular formula is C26H21N3O10. The van der Waals surface area contributed by atoms with E-state index in [-0.39, 0.29) is 47.5 Å². The summed E-state index contributed by atoms with van der Waals surface area (Å²) in [5.41, 5.74) is 1.67. The van der Waals surface area contributed by atoms with Crippen LogP contribution in [0.1, 0.15) is 32.1 Å². The lowest BCUT2D eigenvalue weighted by Gasteiger charge is -2.12. The molecular weight excluding hydrogens is 514 g/mol. The fourth-order valence-electron chi connectivity index (χ4n) is 3.68. The van der Waals surface area contributed by atoms with Gasteiger partial charge in [-0.15, -0.1) is 0 Å². The number of allylic oxidation sites excluding steroid dienone is 2. The number of ketones is 2. The third kappa shape index (κ3) is 6.10. The van der Waals surface area contributed by atoms with Gasteiger partial charge in [0.15, 0.2) is 5.76 Å². The van der Waals surface area contributed by atoms with Gasteiger partial charge in [-0.05, 0) is 35.9 Å². The molecule has 1 aromatic heterocycles. The molecule has 200 valence electrons. The molecule has 1 heterocycles. The van der Waals surface area contributed by atoms with Crippen LogP contribution in [-0.4, -0.2) is 40.4 Å². The molecule has 13 heteroatoms. The molecule has 0 aliphatic heterocycles. The van der Waals surface area contributed by atoms with E-state index in [9.17, 15) is 29.3 Å². The summed E-state index contributed by atoms with van der Waals surface area (Å²) < 4.78 is 21.7. The molecule has 0 bridgehead atoms. The average molecular weight is 535 g/mol. The molecule has 0 saturated carbocycles. The maximum absolute atomic E-state index is 12.4. The summed E-state index contributed by atoms with van der Waals surface area (Å²) in [6.45, 7) is -0.313. The van der Waals surface area contributed by atoms with Crippen molar-refractivity contribution in [3.63, 3.8) is 0 Å². The summed E-state index contributed by atoms with van der Waals surface area (Å²) >= 11 is 0. The zero-order chi connectivity index (χ0) is 28.1. The van der Waals surface area contributed by atoms with Crippen molar-refractivity contribution in [3.8, 4) is 5.75 Å². The van der Waals surface area contributed by atoms with Gasteiger partial charge in [0.25, 0.3) is 5.69 Å². The van der Waals surface area contributed by atoms with E-state index < -0.39 is 23.0 Å². The molecule has 39 heavy (non-hydrogen) atoms. The van der Waals surface area contributed by atoms with E-state index in [2.05, 4.69) is 5.32 Å². The van der Waals surface area contributed by atoms with Crippen LogP contribution in [0.2, 0.25) is 0 Å². The number of methoxy groups -OCH3 is 1.